The van der Waals surface area contributed by atoms with E-state index in [2.05, 4.69) is 37.1 Å². The molecule has 2 atom stereocenters. The average Bonchev–Trinajstić information content (AvgIpc) is 2.76. The number of nitrogens with zero attached hydrogens (tertiary/aromatic N) is 1. The number of carbonyl (C=O) groups excluding carboxylic acids is 3. The molecule has 2 N–H and O–H groups in total. The van der Waals surface area contributed by atoms with Gasteiger partial charge < -0.3 is 20.3 Å². The predicted molar refractivity (Wildman–Crippen MR) is 145 cm³/mol. The molecule has 1 aromatic rings. The lowest BCUT2D eigenvalue weighted by Crippen LogP contribution is -2.54. The lowest BCUT2D eigenvalue weighted by Gasteiger charge is -2.35. The van der Waals surface area contributed by atoms with Gasteiger partial charge in [0.05, 0.1) is 0 Å². The first-order valence-corrected chi connectivity index (χ1v) is 13.3. The summed E-state index contributed by atoms with van der Waals surface area (Å²) in [6, 6.07) is 4.17. The number of ether oxygens (including phenoxy) is 1. The van der Waals surface area contributed by atoms with Crippen LogP contribution in [0.5, 0.6) is 0 Å². The molecule has 0 aliphatic heterocycles. The maximum absolute atomic E-state index is 13.8. The van der Waals surface area contributed by atoms with Gasteiger partial charge in [-0.25, -0.2) is 4.79 Å². The zero-order valence-electron chi connectivity index (χ0n) is 22.6. The highest BCUT2D eigenvalue weighted by Crippen LogP contribution is 2.27. The molecular formula is C27H45N3O4S. The van der Waals surface area contributed by atoms with Crippen LogP contribution in [0, 0.1) is 13.8 Å². The van der Waals surface area contributed by atoms with Crippen LogP contribution in [-0.4, -0.2) is 53.3 Å². The number of nitrogens with one attached hydrogen (secondary N) is 2. The fourth-order valence-corrected chi connectivity index (χ4v) is 4.05. The minimum absolute atomic E-state index is 0.0827. The van der Waals surface area contributed by atoms with Crippen LogP contribution in [0.2, 0.25) is 0 Å². The van der Waals surface area contributed by atoms with Crippen molar-refractivity contribution in [3.8, 4) is 0 Å². The van der Waals surface area contributed by atoms with E-state index in [9.17, 15) is 14.4 Å². The third kappa shape index (κ3) is 10.5. The summed E-state index contributed by atoms with van der Waals surface area (Å²) in [4.78, 5) is 41.4. The molecule has 0 saturated heterocycles. The SMILES string of the molecule is CCCCCN(C(=O)C(CS)NC(=O)OC(C)(C)C)C(C(=O)NCCCC)c1ccc(C)cc1C. The van der Waals surface area contributed by atoms with Gasteiger partial charge in [-0.05, 0) is 58.6 Å². The molecular weight excluding hydrogens is 462 g/mol. The van der Waals surface area contributed by atoms with Gasteiger partial charge in [0.2, 0.25) is 11.8 Å². The number of unbranched alkanes of at least 4 members (excludes halogenated alkanes) is 3. The van der Waals surface area contributed by atoms with Crippen molar-refractivity contribution in [2.24, 2.45) is 0 Å². The molecule has 0 radical (unpaired) electrons. The van der Waals surface area contributed by atoms with Crippen LogP contribution >= 0.6 is 12.6 Å². The van der Waals surface area contributed by atoms with E-state index in [4.69, 9.17) is 4.74 Å². The standard InChI is InChI=1S/C27H45N3O4S/c1-8-10-12-16-30(25(32)22(18-35)29-26(33)34-27(5,6)7)23(24(31)28-15-11-9-2)21-14-13-19(3)17-20(21)4/h13-14,17,22-23,35H,8-12,15-16,18H2,1-7H3,(H,28,31)(H,29,33). The maximum atomic E-state index is 13.8. The van der Waals surface area contributed by atoms with Gasteiger partial charge in [0.15, 0.2) is 0 Å². The van der Waals surface area contributed by atoms with E-state index in [0.717, 1.165) is 48.8 Å². The van der Waals surface area contributed by atoms with Crippen molar-refractivity contribution in [2.45, 2.75) is 98.3 Å². The minimum Gasteiger partial charge on any atom is -0.444 e. The van der Waals surface area contributed by atoms with E-state index in [-0.39, 0.29) is 17.6 Å². The van der Waals surface area contributed by atoms with Gasteiger partial charge in [-0.2, -0.15) is 12.6 Å². The molecule has 7 nitrogen and oxygen atoms in total. The van der Waals surface area contributed by atoms with Gasteiger partial charge >= 0.3 is 6.09 Å². The van der Waals surface area contributed by atoms with E-state index in [1.807, 2.05) is 32.0 Å². The molecule has 0 spiro atoms. The van der Waals surface area contributed by atoms with Crippen molar-refractivity contribution >= 4 is 30.5 Å². The third-order valence-electron chi connectivity index (χ3n) is 5.57. The zero-order chi connectivity index (χ0) is 26.6. The van der Waals surface area contributed by atoms with Crippen LogP contribution in [0.25, 0.3) is 0 Å². The van der Waals surface area contributed by atoms with Crippen LogP contribution < -0.4 is 10.6 Å². The number of hydrogen-bond donors (Lipinski definition) is 3. The number of hydrogen-bond acceptors (Lipinski definition) is 5. The highest BCUT2D eigenvalue weighted by Gasteiger charge is 2.36. The highest BCUT2D eigenvalue weighted by molar-refractivity contribution is 7.80. The Balaban J connectivity index is 3.40. The molecule has 1 aromatic carbocycles. The lowest BCUT2D eigenvalue weighted by atomic mass is 9.96. The second-order valence-electron chi connectivity index (χ2n) is 10.0. The van der Waals surface area contributed by atoms with Crippen molar-refractivity contribution in [3.63, 3.8) is 0 Å². The summed E-state index contributed by atoms with van der Waals surface area (Å²) in [5, 5.41) is 5.67. The number of aryl methyl sites for hydroxylation is 2. The number of rotatable bonds is 13. The largest absolute Gasteiger partial charge is 0.444 e. The molecule has 3 amide bonds. The Labute approximate surface area is 217 Å². The molecule has 0 heterocycles. The van der Waals surface area contributed by atoms with Crippen molar-refractivity contribution in [2.75, 3.05) is 18.8 Å². The first-order valence-electron chi connectivity index (χ1n) is 12.7. The summed E-state index contributed by atoms with van der Waals surface area (Å²) in [7, 11) is 0. The quantitative estimate of drug-likeness (QED) is 0.256. The topological polar surface area (TPSA) is 87.7 Å². The van der Waals surface area contributed by atoms with Crippen molar-refractivity contribution in [3.05, 3.63) is 34.9 Å². The van der Waals surface area contributed by atoms with E-state index >= 15 is 0 Å². The number of carbonyl (C=O) groups is 3. The Bertz CT molecular complexity index is 838. The second kappa shape index (κ2) is 15.0. The van der Waals surface area contributed by atoms with Crippen LogP contribution in [0.15, 0.2) is 18.2 Å². The van der Waals surface area contributed by atoms with Crippen LogP contribution in [-0.2, 0) is 14.3 Å². The van der Waals surface area contributed by atoms with Crippen LogP contribution in [0.1, 0.15) is 89.5 Å². The van der Waals surface area contributed by atoms with Crippen molar-refractivity contribution in [1.82, 2.24) is 15.5 Å². The molecule has 0 aromatic heterocycles. The van der Waals surface area contributed by atoms with Gasteiger partial charge in [0.1, 0.15) is 17.7 Å². The number of thiol groups is 1. The summed E-state index contributed by atoms with van der Waals surface area (Å²) in [5.41, 5.74) is 2.11. The van der Waals surface area contributed by atoms with Crippen molar-refractivity contribution < 1.29 is 19.1 Å². The molecule has 0 aliphatic carbocycles. The van der Waals surface area contributed by atoms with Gasteiger partial charge in [-0.1, -0.05) is 56.9 Å². The van der Waals surface area contributed by atoms with Crippen LogP contribution in [0.4, 0.5) is 4.79 Å². The fraction of sp³-hybridized carbons (Fsp3) is 0.667. The zero-order valence-corrected chi connectivity index (χ0v) is 23.5. The number of benzene rings is 1. The molecule has 198 valence electrons. The number of alkyl carbamates (subject to hydrolysis) is 1. The summed E-state index contributed by atoms with van der Waals surface area (Å²) < 4.78 is 5.35. The van der Waals surface area contributed by atoms with Gasteiger partial charge in [0, 0.05) is 18.8 Å². The third-order valence-corrected chi connectivity index (χ3v) is 5.93. The van der Waals surface area contributed by atoms with Gasteiger partial charge in [-0.15, -0.1) is 0 Å². The molecule has 1 rings (SSSR count). The summed E-state index contributed by atoms with van der Waals surface area (Å²) in [6.45, 7) is 14.3. The molecule has 35 heavy (non-hydrogen) atoms. The molecule has 8 heteroatoms. The molecule has 0 saturated carbocycles. The average molecular weight is 508 g/mol. The normalized spacial score (nSPS) is 13.0. The lowest BCUT2D eigenvalue weighted by molar-refractivity contribution is -0.142. The maximum Gasteiger partial charge on any atom is 0.408 e. The smallest absolute Gasteiger partial charge is 0.408 e. The minimum atomic E-state index is -0.925. The molecule has 2 unspecified atom stereocenters. The Kier molecular flexibility index (Phi) is 13.2. The fourth-order valence-electron chi connectivity index (χ4n) is 3.80. The Morgan fingerprint density at radius 2 is 1.71 bits per heavy atom. The Morgan fingerprint density at radius 1 is 1.06 bits per heavy atom. The van der Waals surface area contributed by atoms with E-state index in [0.29, 0.717) is 13.1 Å². The van der Waals surface area contributed by atoms with E-state index in [1.54, 1.807) is 25.7 Å². The Morgan fingerprint density at radius 3 is 2.26 bits per heavy atom. The monoisotopic (exact) mass is 507 g/mol. The first kappa shape index (κ1) is 30.8. The molecule has 0 bridgehead atoms. The first-order chi connectivity index (χ1) is 16.4. The molecule has 0 aliphatic rings. The summed E-state index contributed by atoms with van der Waals surface area (Å²) >= 11 is 4.34. The molecule has 0 fully saturated rings. The Hall–Kier alpha value is -2.22. The highest BCUT2D eigenvalue weighted by atomic mass is 32.1. The van der Waals surface area contributed by atoms with Gasteiger partial charge in [-0.3, -0.25) is 9.59 Å². The van der Waals surface area contributed by atoms with E-state index < -0.39 is 23.8 Å². The summed E-state index contributed by atoms with van der Waals surface area (Å²) in [5.74, 6) is -0.484. The van der Waals surface area contributed by atoms with Gasteiger partial charge in [0.25, 0.3) is 0 Å². The second-order valence-corrected chi connectivity index (χ2v) is 10.4. The predicted octanol–water partition coefficient (Wildman–Crippen LogP) is 5.10. The number of amides is 3. The van der Waals surface area contributed by atoms with Crippen molar-refractivity contribution in [1.29, 1.82) is 0 Å². The van der Waals surface area contributed by atoms with E-state index in [1.165, 1.54) is 0 Å². The summed E-state index contributed by atoms with van der Waals surface area (Å²) in [6.07, 6.45) is 3.77. The van der Waals surface area contributed by atoms with Crippen LogP contribution in [0.3, 0.4) is 0 Å².